The number of nitrogens with one attached hydrogen (secondary N) is 1. The van der Waals surface area contributed by atoms with Gasteiger partial charge in [0.15, 0.2) is 5.75 Å². The van der Waals surface area contributed by atoms with Crippen molar-refractivity contribution in [2.45, 2.75) is 6.61 Å². The van der Waals surface area contributed by atoms with Crippen LogP contribution < -0.4 is 10.2 Å². The zero-order valence-corrected chi connectivity index (χ0v) is 18.8. The molecule has 3 aromatic rings. The van der Waals surface area contributed by atoms with E-state index in [9.17, 15) is 9.18 Å². The molecule has 0 aromatic heterocycles. The van der Waals surface area contributed by atoms with Gasteiger partial charge in [-0.05, 0) is 69.5 Å². The highest BCUT2D eigenvalue weighted by atomic mass is 79.9. The van der Waals surface area contributed by atoms with Gasteiger partial charge in [-0.15, -0.1) is 0 Å². The van der Waals surface area contributed by atoms with Gasteiger partial charge in [-0.2, -0.15) is 10.4 Å². The maximum Gasteiger partial charge on any atom is 0.274 e. The minimum absolute atomic E-state index is 0.121. The number of hydrogen-bond acceptors (Lipinski definition) is 4. The molecule has 9 heteroatoms. The lowest BCUT2D eigenvalue weighted by Gasteiger charge is -2.11. The first-order valence-corrected chi connectivity index (χ1v) is 10.3. The summed E-state index contributed by atoms with van der Waals surface area (Å²) >= 11 is 15.6. The van der Waals surface area contributed by atoms with Crippen molar-refractivity contribution in [1.29, 1.82) is 5.26 Å². The minimum atomic E-state index is -0.806. The summed E-state index contributed by atoms with van der Waals surface area (Å²) in [7, 11) is 0. The molecule has 0 saturated carbocycles. The molecule has 0 radical (unpaired) electrons. The summed E-state index contributed by atoms with van der Waals surface area (Å²) in [6, 6.07) is 15.9. The molecule has 0 aliphatic carbocycles. The lowest BCUT2D eigenvalue weighted by molar-refractivity contribution is 0.0951. The van der Waals surface area contributed by atoms with Crippen molar-refractivity contribution >= 4 is 51.3 Å². The summed E-state index contributed by atoms with van der Waals surface area (Å²) in [4.78, 5) is 12.1. The molecule has 3 aromatic carbocycles. The first kappa shape index (κ1) is 22.8. The number of hydrogen-bond donors (Lipinski definition) is 1. The van der Waals surface area contributed by atoms with Gasteiger partial charge in [-0.3, -0.25) is 4.79 Å². The van der Waals surface area contributed by atoms with Crippen LogP contribution in [-0.2, 0) is 6.61 Å². The van der Waals surface area contributed by atoms with E-state index >= 15 is 0 Å². The molecule has 156 valence electrons. The predicted octanol–water partition coefficient (Wildman–Crippen LogP) is 6.11. The molecule has 0 heterocycles. The van der Waals surface area contributed by atoms with Gasteiger partial charge < -0.3 is 4.74 Å². The molecule has 0 fully saturated rings. The van der Waals surface area contributed by atoms with Crippen LogP contribution in [0.2, 0.25) is 10.0 Å². The van der Waals surface area contributed by atoms with E-state index in [0.717, 1.165) is 11.6 Å². The van der Waals surface area contributed by atoms with E-state index in [-0.39, 0.29) is 11.1 Å². The fourth-order valence-corrected chi connectivity index (χ4v) is 3.64. The van der Waals surface area contributed by atoms with Crippen LogP contribution in [0, 0.1) is 17.1 Å². The highest BCUT2D eigenvalue weighted by Gasteiger charge is 2.12. The smallest absolute Gasteiger partial charge is 0.274 e. The van der Waals surface area contributed by atoms with Crippen LogP contribution in [0.1, 0.15) is 27.0 Å². The molecule has 5 nitrogen and oxygen atoms in total. The fraction of sp³-hybridized carbons (Fsp3) is 0.0455. The van der Waals surface area contributed by atoms with E-state index in [1.165, 1.54) is 18.3 Å². The second-order valence-electron chi connectivity index (χ2n) is 6.23. The number of ether oxygens (including phenoxy) is 1. The zero-order chi connectivity index (χ0) is 22.4. The molecule has 0 saturated heterocycles. The first-order valence-electron chi connectivity index (χ1n) is 8.76. The third-order valence-corrected chi connectivity index (χ3v) is 5.16. The summed E-state index contributed by atoms with van der Waals surface area (Å²) in [5, 5.41) is 13.6. The van der Waals surface area contributed by atoms with Gasteiger partial charge >= 0.3 is 0 Å². The van der Waals surface area contributed by atoms with Crippen LogP contribution in [0.25, 0.3) is 0 Å². The van der Waals surface area contributed by atoms with Crippen molar-refractivity contribution in [1.82, 2.24) is 5.43 Å². The lowest BCUT2D eigenvalue weighted by Crippen LogP contribution is -2.19. The molecule has 0 bridgehead atoms. The van der Waals surface area contributed by atoms with Crippen LogP contribution >= 0.6 is 39.1 Å². The highest BCUT2D eigenvalue weighted by Crippen LogP contribution is 2.34. The second-order valence-corrected chi connectivity index (χ2v) is 7.93. The van der Waals surface area contributed by atoms with Gasteiger partial charge in [0, 0.05) is 5.02 Å². The van der Waals surface area contributed by atoms with Gasteiger partial charge in [-0.25, -0.2) is 9.82 Å². The van der Waals surface area contributed by atoms with Crippen molar-refractivity contribution in [3.8, 4) is 11.8 Å². The Kier molecular flexibility index (Phi) is 7.64. The summed E-state index contributed by atoms with van der Waals surface area (Å²) in [6.07, 6.45) is 1.36. The largest absolute Gasteiger partial charge is 0.486 e. The predicted molar refractivity (Wildman–Crippen MR) is 121 cm³/mol. The Labute approximate surface area is 196 Å². The molecular formula is C22H13BrCl2FN3O2. The number of rotatable bonds is 6. The van der Waals surface area contributed by atoms with E-state index < -0.39 is 11.7 Å². The molecule has 1 amide bonds. The molecule has 0 aliphatic heterocycles. The molecule has 1 N–H and O–H groups in total. The molecule has 0 aliphatic rings. The Hall–Kier alpha value is -2.92. The quantitative estimate of drug-likeness (QED) is 0.314. The average molecular weight is 521 g/mol. The van der Waals surface area contributed by atoms with Crippen molar-refractivity contribution < 1.29 is 13.9 Å². The highest BCUT2D eigenvalue weighted by molar-refractivity contribution is 9.10. The fourth-order valence-electron chi connectivity index (χ4n) is 2.52. The number of hydrazone groups is 1. The Morgan fingerprint density at radius 3 is 2.58 bits per heavy atom. The third-order valence-electron chi connectivity index (χ3n) is 4.04. The average Bonchev–Trinajstić information content (AvgIpc) is 2.74. The van der Waals surface area contributed by atoms with E-state index in [1.807, 2.05) is 12.1 Å². The zero-order valence-electron chi connectivity index (χ0n) is 15.7. The standard InChI is InChI=1S/C22H13BrCl2FN3O2/c23-18-7-15(8-19(25)21(18)31-12-13-1-4-16(24)5-2-13)11-28-29-22(30)17-6-3-14(10-27)9-20(17)26/h1-9,11H,12H2,(H,29,30)/b28-11-. The summed E-state index contributed by atoms with van der Waals surface area (Å²) in [5.41, 5.74) is 3.64. The second kappa shape index (κ2) is 10.4. The number of carbonyl (C=O) groups is 1. The molecule has 3 rings (SSSR count). The van der Waals surface area contributed by atoms with Gasteiger partial charge in [0.25, 0.3) is 5.91 Å². The SMILES string of the molecule is N#Cc1ccc(C(=O)N/N=C\c2cc(Cl)c(OCc3ccc(Cl)cc3)c(Br)c2)c(F)c1. The summed E-state index contributed by atoms with van der Waals surface area (Å²) < 4.78 is 20.3. The number of benzene rings is 3. The number of halogens is 4. The molecule has 0 spiro atoms. The van der Waals surface area contributed by atoms with Crippen molar-refractivity contribution in [2.24, 2.45) is 5.10 Å². The normalized spacial score (nSPS) is 10.7. The van der Waals surface area contributed by atoms with Crippen molar-refractivity contribution in [3.63, 3.8) is 0 Å². The molecule has 0 unspecified atom stereocenters. The Bertz CT molecular complexity index is 1170. The molecular weight excluding hydrogens is 508 g/mol. The maximum absolute atomic E-state index is 13.9. The van der Waals surface area contributed by atoms with E-state index in [0.29, 0.717) is 32.4 Å². The number of carbonyl (C=O) groups excluding carboxylic acids is 1. The molecule has 31 heavy (non-hydrogen) atoms. The van der Waals surface area contributed by atoms with E-state index in [2.05, 4.69) is 26.5 Å². The Balaban J connectivity index is 1.65. The van der Waals surface area contributed by atoms with Crippen LogP contribution in [0.4, 0.5) is 4.39 Å². The van der Waals surface area contributed by atoms with Gasteiger partial charge in [-0.1, -0.05) is 35.3 Å². The Morgan fingerprint density at radius 1 is 1.19 bits per heavy atom. The number of nitriles is 1. The van der Waals surface area contributed by atoms with Crippen molar-refractivity contribution in [3.05, 3.63) is 97.2 Å². The molecule has 0 atom stereocenters. The summed E-state index contributed by atoms with van der Waals surface area (Å²) in [6.45, 7) is 0.301. The summed E-state index contributed by atoms with van der Waals surface area (Å²) in [5.74, 6) is -1.09. The van der Waals surface area contributed by atoms with Gasteiger partial charge in [0.05, 0.1) is 32.9 Å². The lowest BCUT2D eigenvalue weighted by atomic mass is 10.1. The third kappa shape index (κ3) is 6.05. The first-order chi connectivity index (χ1) is 14.9. The number of amides is 1. The topological polar surface area (TPSA) is 74.5 Å². The maximum atomic E-state index is 13.9. The van der Waals surface area contributed by atoms with Crippen LogP contribution in [0.5, 0.6) is 5.75 Å². The van der Waals surface area contributed by atoms with Gasteiger partial charge in [0.2, 0.25) is 0 Å². The van der Waals surface area contributed by atoms with E-state index in [1.54, 1.807) is 30.3 Å². The van der Waals surface area contributed by atoms with Gasteiger partial charge in [0.1, 0.15) is 12.4 Å². The minimum Gasteiger partial charge on any atom is -0.486 e. The van der Waals surface area contributed by atoms with Crippen molar-refractivity contribution in [2.75, 3.05) is 0 Å². The van der Waals surface area contributed by atoms with Crippen LogP contribution in [0.15, 0.2) is 64.2 Å². The van der Waals surface area contributed by atoms with E-state index in [4.69, 9.17) is 33.2 Å². The Morgan fingerprint density at radius 2 is 1.94 bits per heavy atom. The van der Waals surface area contributed by atoms with Crippen LogP contribution in [0.3, 0.4) is 0 Å². The number of nitrogens with zero attached hydrogens (tertiary/aromatic N) is 2. The monoisotopic (exact) mass is 519 g/mol. The van der Waals surface area contributed by atoms with Crippen LogP contribution in [-0.4, -0.2) is 12.1 Å².